The van der Waals surface area contributed by atoms with Gasteiger partial charge < -0.3 is 14.8 Å². The van der Waals surface area contributed by atoms with Gasteiger partial charge in [-0.25, -0.2) is 0 Å². The van der Waals surface area contributed by atoms with Crippen molar-refractivity contribution in [1.29, 1.82) is 5.26 Å². The third-order valence-corrected chi connectivity index (χ3v) is 5.67. The van der Waals surface area contributed by atoms with Crippen molar-refractivity contribution in [3.05, 3.63) is 104 Å². The number of methoxy groups -OCH3 is 1. The lowest BCUT2D eigenvalue weighted by Crippen LogP contribution is -2.27. The zero-order chi connectivity index (χ0) is 25.4. The van der Waals surface area contributed by atoms with Crippen LogP contribution >= 0.6 is 15.9 Å². The smallest absolute Gasteiger partial charge is 0.269 e. The van der Waals surface area contributed by atoms with Crippen molar-refractivity contribution in [2.75, 3.05) is 7.11 Å². The molecular formula is C26H22BrN3O5. The lowest BCUT2D eigenvalue weighted by Gasteiger charge is -2.15. The second-order valence-corrected chi connectivity index (χ2v) is 8.38. The number of nitrogens with zero attached hydrogens (tertiary/aromatic N) is 2. The van der Waals surface area contributed by atoms with Crippen LogP contribution in [0.3, 0.4) is 0 Å². The van der Waals surface area contributed by atoms with E-state index >= 15 is 0 Å². The highest BCUT2D eigenvalue weighted by atomic mass is 79.9. The number of halogens is 1. The number of amides is 1. The van der Waals surface area contributed by atoms with Gasteiger partial charge in [0.15, 0.2) is 11.5 Å². The number of hydrogen-bond acceptors (Lipinski definition) is 6. The molecule has 0 bridgehead atoms. The Morgan fingerprint density at radius 3 is 2.60 bits per heavy atom. The first-order chi connectivity index (χ1) is 16.8. The van der Waals surface area contributed by atoms with Crippen LogP contribution in [-0.2, 0) is 11.4 Å². The van der Waals surface area contributed by atoms with Gasteiger partial charge in [-0.15, -0.1) is 0 Å². The van der Waals surface area contributed by atoms with Crippen LogP contribution in [0, 0.1) is 21.4 Å². The minimum absolute atomic E-state index is 0.0264. The number of hydrogen-bond donors (Lipinski definition) is 1. The second-order valence-electron chi connectivity index (χ2n) is 7.53. The predicted molar refractivity (Wildman–Crippen MR) is 135 cm³/mol. The molecule has 8 nitrogen and oxygen atoms in total. The lowest BCUT2D eigenvalue weighted by atomic mass is 10.1. The summed E-state index contributed by atoms with van der Waals surface area (Å²) in [4.78, 5) is 23.2. The maximum Gasteiger partial charge on any atom is 0.269 e. The average Bonchev–Trinajstić information content (AvgIpc) is 2.86. The first-order valence-electron chi connectivity index (χ1n) is 10.5. The number of nitro benzene ring substituents is 1. The van der Waals surface area contributed by atoms with Crippen molar-refractivity contribution < 1.29 is 19.2 Å². The van der Waals surface area contributed by atoms with Gasteiger partial charge in [0.1, 0.15) is 18.2 Å². The molecule has 0 aromatic heterocycles. The summed E-state index contributed by atoms with van der Waals surface area (Å²) in [5, 5.41) is 23.4. The van der Waals surface area contributed by atoms with Crippen LogP contribution in [0.1, 0.15) is 29.7 Å². The van der Waals surface area contributed by atoms with Gasteiger partial charge in [0.25, 0.3) is 11.6 Å². The molecule has 0 heterocycles. The van der Waals surface area contributed by atoms with Gasteiger partial charge in [-0.3, -0.25) is 14.9 Å². The molecular weight excluding hydrogens is 514 g/mol. The summed E-state index contributed by atoms with van der Waals surface area (Å²) in [7, 11) is 1.47. The van der Waals surface area contributed by atoms with Crippen LogP contribution in [0.5, 0.6) is 11.5 Å². The molecule has 0 saturated carbocycles. The van der Waals surface area contributed by atoms with Crippen molar-refractivity contribution in [3.8, 4) is 17.6 Å². The Bertz CT molecular complexity index is 1300. The van der Waals surface area contributed by atoms with E-state index in [-0.39, 0.29) is 23.9 Å². The fourth-order valence-corrected chi connectivity index (χ4v) is 3.87. The Labute approximate surface area is 211 Å². The molecule has 1 atom stereocenters. The van der Waals surface area contributed by atoms with Gasteiger partial charge >= 0.3 is 0 Å². The Balaban J connectivity index is 1.79. The molecule has 0 aliphatic heterocycles. The van der Waals surface area contributed by atoms with Crippen molar-refractivity contribution in [2.24, 2.45) is 0 Å². The molecule has 0 fully saturated rings. The van der Waals surface area contributed by atoms with E-state index in [0.717, 1.165) is 5.56 Å². The SMILES string of the molecule is COc1cc(/C=C(/C#N)C(=O)N[C@@H](C)c2ccccc2)cc(Br)c1OCc1cccc([N+](=O)[O-])c1. The van der Waals surface area contributed by atoms with Crippen LogP contribution in [0.25, 0.3) is 6.08 Å². The fraction of sp³-hybridized carbons (Fsp3) is 0.154. The first-order valence-corrected chi connectivity index (χ1v) is 11.3. The number of rotatable bonds is 9. The van der Waals surface area contributed by atoms with Crippen LogP contribution in [0.4, 0.5) is 5.69 Å². The molecule has 3 aromatic rings. The predicted octanol–water partition coefficient (Wildman–Crippen LogP) is 5.73. The molecule has 0 aliphatic carbocycles. The number of nitro groups is 1. The third kappa shape index (κ3) is 6.68. The number of non-ortho nitro benzene ring substituents is 1. The lowest BCUT2D eigenvalue weighted by molar-refractivity contribution is -0.384. The third-order valence-electron chi connectivity index (χ3n) is 5.08. The van der Waals surface area contributed by atoms with Crippen molar-refractivity contribution in [3.63, 3.8) is 0 Å². The van der Waals surface area contributed by atoms with Crippen LogP contribution in [0.15, 0.2) is 76.8 Å². The van der Waals surface area contributed by atoms with Gasteiger partial charge in [-0.05, 0) is 57.8 Å². The molecule has 35 heavy (non-hydrogen) atoms. The topological polar surface area (TPSA) is 114 Å². The summed E-state index contributed by atoms with van der Waals surface area (Å²) in [5.74, 6) is 0.258. The van der Waals surface area contributed by atoms with Crippen molar-refractivity contribution in [1.82, 2.24) is 5.32 Å². The quantitative estimate of drug-likeness (QED) is 0.162. The normalized spacial score (nSPS) is 11.8. The molecule has 3 aromatic carbocycles. The Morgan fingerprint density at radius 1 is 1.20 bits per heavy atom. The van der Waals surface area contributed by atoms with Crippen LogP contribution in [-0.4, -0.2) is 17.9 Å². The van der Waals surface area contributed by atoms with Crippen molar-refractivity contribution >= 4 is 33.6 Å². The zero-order valence-corrected chi connectivity index (χ0v) is 20.6. The van der Waals surface area contributed by atoms with Crippen LogP contribution in [0.2, 0.25) is 0 Å². The van der Waals surface area contributed by atoms with E-state index in [0.29, 0.717) is 27.1 Å². The second kappa shape index (κ2) is 11.8. The standard InChI is InChI=1S/C26H22BrN3O5/c1-17(20-8-4-3-5-9-20)29-26(31)21(15-28)11-19-13-23(27)25(24(14-19)34-2)35-16-18-7-6-10-22(12-18)30(32)33/h3-14,17H,16H2,1-2H3,(H,29,31)/b21-11-/t17-/m0/s1. The number of ether oxygens (including phenoxy) is 2. The Morgan fingerprint density at radius 2 is 1.94 bits per heavy atom. The highest BCUT2D eigenvalue weighted by molar-refractivity contribution is 9.10. The van der Waals surface area contributed by atoms with Gasteiger partial charge in [0.2, 0.25) is 0 Å². The highest BCUT2D eigenvalue weighted by Gasteiger charge is 2.16. The fourth-order valence-electron chi connectivity index (χ4n) is 3.29. The summed E-state index contributed by atoms with van der Waals surface area (Å²) in [6, 6.07) is 20.6. The zero-order valence-electron chi connectivity index (χ0n) is 19.0. The van der Waals surface area contributed by atoms with E-state index in [2.05, 4.69) is 21.2 Å². The number of nitriles is 1. The van der Waals surface area contributed by atoms with Gasteiger partial charge in [-0.1, -0.05) is 42.5 Å². The molecule has 0 aliphatic rings. The molecule has 0 spiro atoms. The largest absolute Gasteiger partial charge is 0.493 e. The molecule has 3 rings (SSSR count). The summed E-state index contributed by atoms with van der Waals surface area (Å²) in [6.45, 7) is 1.92. The molecule has 0 saturated heterocycles. The molecule has 0 unspecified atom stereocenters. The van der Waals surface area contributed by atoms with E-state index in [4.69, 9.17) is 9.47 Å². The van der Waals surface area contributed by atoms with E-state index in [1.54, 1.807) is 24.3 Å². The first kappa shape index (κ1) is 25.5. The summed E-state index contributed by atoms with van der Waals surface area (Å²) >= 11 is 3.44. The minimum atomic E-state index is -0.495. The number of nitrogens with one attached hydrogen (secondary N) is 1. The highest BCUT2D eigenvalue weighted by Crippen LogP contribution is 2.38. The van der Waals surface area contributed by atoms with E-state index in [1.807, 2.05) is 43.3 Å². The van der Waals surface area contributed by atoms with Crippen LogP contribution < -0.4 is 14.8 Å². The number of carbonyl (C=O) groups is 1. The monoisotopic (exact) mass is 535 g/mol. The van der Waals surface area contributed by atoms with Crippen molar-refractivity contribution in [2.45, 2.75) is 19.6 Å². The average molecular weight is 536 g/mol. The summed E-state index contributed by atoms with van der Waals surface area (Å²) in [5.41, 5.74) is 2.00. The van der Waals surface area contributed by atoms with E-state index in [1.165, 1.54) is 25.3 Å². The molecule has 1 amide bonds. The molecule has 9 heteroatoms. The number of carbonyl (C=O) groups excluding carboxylic acids is 1. The Hall–Kier alpha value is -4.16. The van der Waals surface area contributed by atoms with Gasteiger partial charge in [0.05, 0.1) is 22.5 Å². The summed E-state index contributed by atoms with van der Waals surface area (Å²) < 4.78 is 11.8. The van der Waals surface area contributed by atoms with Gasteiger partial charge in [-0.2, -0.15) is 5.26 Å². The number of benzene rings is 3. The van der Waals surface area contributed by atoms with E-state index in [9.17, 15) is 20.2 Å². The maximum absolute atomic E-state index is 12.7. The molecule has 1 N–H and O–H groups in total. The Kier molecular flexibility index (Phi) is 8.59. The molecule has 178 valence electrons. The maximum atomic E-state index is 12.7. The molecule has 0 radical (unpaired) electrons. The van der Waals surface area contributed by atoms with E-state index < -0.39 is 10.8 Å². The summed E-state index contributed by atoms with van der Waals surface area (Å²) in [6.07, 6.45) is 1.46. The minimum Gasteiger partial charge on any atom is -0.493 e. The van der Waals surface area contributed by atoms with Gasteiger partial charge in [0, 0.05) is 12.1 Å².